The summed E-state index contributed by atoms with van der Waals surface area (Å²) in [6.07, 6.45) is 1.95. The zero-order chi connectivity index (χ0) is 16.8. The first-order chi connectivity index (χ1) is 11.0. The molecule has 0 aromatic heterocycles. The monoisotopic (exact) mass is 372 g/mol. The lowest BCUT2D eigenvalue weighted by Gasteiger charge is -2.20. The standard InChI is InChI=1S/C17H18F2N2OS.ClH/c1-20-10-16(22)21-17(11-4-3-5-13(8-11)23-2)12-6-7-14(18)15(19)9-12;/h3-9,17,20H,10H2,1-2H3,(H,21,22);1H. The highest BCUT2D eigenvalue weighted by Gasteiger charge is 2.18. The second kappa shape index (κ2) is 9.61. The van der Waals surface area contributed by atoms with Crippen molar-refractivity contribution in [2.75, 3.05) is 19.8 Å². The molecular formula is C17H19ClF2N2OS. The largest absolute Gasteiger partial charge is 0.344 e. The van der Waals surface area contributed by atoms with Crippen LogP contribution in [0.3, 0.4) is 0 Å². The summed E-state index contributed by atoms with van der Waals surface area (Å²) in [5.74, 6) is -2.07. The molecule has 1 atom stereocenters. The molecule has 0 radical (unpaired) electrons. The van der Waals surface area contributed by atoms with Crippen LogP contribution in [0.4, 0.5) is 8.78 Å². The smallest absolute Gasteiger partial charge is 0.234 e. The summed E-state index contributed by atoms with van der Waals surface area (Å²) in [5, 5.41) is 5.62. The van der Waals surface area contributed by atoms with Crippen LogP contribution < -0.4 is 10.6 Å². The second-order valence-electron chi connectivity index (χ2n) is 4.98. The molecule has 2 N–H and O–H groups in total. The molecular weight excluding hydrogens is 354 g/mol. The number of amides is 1. The summed E-state index contributed by atoms with van der Waals surface area (Å²) in [6, 6.07) is 10.7. The predicted octanol–water partition coefficient (Wildman–Crippen LogP) is 3.53. The Labute approximate surface area is 150 Å². The Balaban J connectivity index is 0.00000288. The third kappa shape index (κ3) is 5.19. The van der Waals surface area contributed by atoms with Gasteiger partial charge in [0.1, 0.15) is 0 Å². The summed E-state index contributed by atoms with van der Waals surface area (Å²) in [5.41, 5.74) is 1.30. The van der Waals surface area contributed by atoms with Gasteiger partial charge in [-0.2, -0.15) is 0 Å². The van der Waals surface area contributed by atoms with Crippen LogP contribution >= 0.6 is 24.2 Å². The molecule has 0 spiro atoms. The highest BCUT2D eigenvalue weighted by atomic mass is 35.5. The molecule has 130 valence electrons. The van der Waals surface area contributed by atoms with E-state index >= 15 is 0 Å². The lowest BCUT2D eigenvalue weighted by Crippen LogP contribution is -2.35. The van der Waals surface area contributed by atoms with Gasteiger partial charge in [-0.1, -0.05) is 18.2 Å². The Morgan fingerprint density at radius 3 is 2.46 bits per heavy atom. The minimum Gasteiger partial charge on any atom is -0.344 e. The lowest BCUT2D eigenvalue weighted by molar-refractivity contribution is -0.120. The molecule has 2 aromatic rings. The molecule has 0 saturated carbocycles. The Morgan fingerprint density at radius 1 is 1.12 bits per heavy atom. The first-order valence-corrected chi connectivity index (χ1v) is 8.30. The van der Waals surface area contributed by atoms with E-state index in [0.717, 1.165) is 22.6 Å². The maximum Gasteiger partial charge on any atom is 0.234 e. The van der Waals surface area contributed by atoms with Crippen LogP contribution in [0.2, 0.25) is 0 Å². The van der Waals surface area contributed by atoms with Crippen LogP contribution in [-0.2, 0) is 4.79 Å². The molecule has 0 aliphatic rings. The van der Waals surface area contributed by atoms with E-state index in [2.05, 4.69) is 10.6 Å². The van der Waals surface area contributed by atoms with E-state index < -0.39 is 17.7 Å². The molecule has 2 aromatic carbocycles. The number of benzene rings is 2. The van der Waals surface area contributed by atoms with Crippen LogP contribution in [0.15, 0.2) is 47.4 Å². The minimum atomic E-state index is -0.934. The molecule has 0 saturated heterocycles. The third-order valence-corrected chi connectivity index (χ3v) is 4.07. The fourth-order valence-corrected chi connectivity index (χ4v) is 2.71. The van der Waals surface area contributed by atoms with E-state index in [9.17, 15) is 13.6 Å². The molecule has 2 rings (SSSR count). The Morgan fingerprint density at radius 2 is 1.83 bits per heavy atom. The first-order valence-electron chi connectivity index (χ1n) is 7.08. The zero-order valence-corrected chi connectivity index (χ0v) is 14.9. The Hall–Kier alpha value is -1.63. The summed E-state index contributed by atoms with van der Waals surface area (Å²) in [4.78, 5) is 13.0. The van der Waals surface area contributed by atoms with Gasteiger partial charge < -0.3 is 10.6 Å². The summed E-state index contributed by atoms with van der Waals surface area (Å²) in [6.45, 7) is 0.141. The van der Waals surface area contributed by atoms with Crippen LogP contribution in [0.5, 0.6) is 0 Å². The van der Waals surface area contributed by atoms with Gasteiger partial charge in [0, 0.05) is 4.90 Å². The number of likely N-dealkylation sites (N-methyl/N-ethyl adjacent to an activating group) is 1. The van der Waals surface area contributed by atoms with Crippen molar-refractivity contribution in [2.45, 2.75) is 10.9 Å². The highest BCUT2D eigenvalue weighted by Crippen LogP contribution is 2.26. The normalized spacial score (nSPS) is 11.5. The minimum absolute atomic E-state index is 0. The van der Waals surface area contributed by atoms with E-state index in [1.54, 1.807) is 18.8 Å². The van der Waals surface area contributed by atoms with Crippen LogP contribution in [0, 0.1) is 11.6 Å². The van der Waals surface area contributed by atoms with Crippen molar-refractivity contribution in [2.24, 2.45) is 0 Å². The molecule has 0 fully saturated rings. The second-order valence-corrected chi connectivity index (χ2v) is 5.86. The van der Waals surface area contributed by atoms with E-state index in [4.69, 9.17) is 0 Å². The predicted molar refractivity (Wildman–Crippen MR) is 95.7 cm³/mol. The molecule has 1 unspecified atom stereocenters. The van der Waals surface area contributed by atoms with Crippen molar-refractivity contribution in [3.63, 3.8) is 0 Å². The molecule has 3 nitrogen and oxygen atoms in total. The van der Waals surface area contributed by atoms with E-state index in [1.807, 2.05) is 30.5 Å². The summed E-state index contributed by atoms with van der Waals surface area (Å²) < 4.78 is 26.8. The van der Waals surface area contributed by atoms with E-state index in [0.29, 0.717) is 5.56 Å². The fraction of sp³-hybridized carbons (Fsp3) is 0.235. The molecule has 0 aliphatic heterocycles. The molecule has 0 heterocycles. The van der Waals surface area contributed by atoms with Gasteiger partial charge in [0.15, 0.2) is 11.6 Å². The van der Waals surface area contributed by atoms with Crippen LogP contribution in [-0.4, -0.2) is 25.8 Å². The number of carbonyl (C=O) groups excluding carboxylic acids is 1. The lowest BCUT2D eigenvalue weighted by atomic mass is 9.98. The average molecular weight is 373 g/mol. The molecule has 7 heteroatoms. The van der Waals surface area contributed by atoms with Gasteiger partial charge in [-0.05, 0) is 48.7 Å². The van der Waals surface area contributed by atoms with Gasteiger partial charge in [0.05, 0.1) is 12.6 Å². The Bertz CT molecular complexity index is 700. The van der Waals surface area contributed by atoms with Gasteiger partial charge >= 0.3 is 0 Å². The average Bonchev–Trinajstić information content (AvgIpc) is 2.55. The van der Waals surface area contributed by atoms with Crippen molar-refractivity contribution in [3.05, 3.63) is 65.2 Å². The van der Waals surface area contributed by atoms with Crippen molar-refractivity contribution < 1.29 is 13.6 Å². The SMILES string of the molecule is CNCC(=O)NC(c1cccc(SC)c1)c1ccc(F)c(F)c1.Cl. The third-order valence-electron chi connectivity index (χ3n) is 3.35. The van der Waals surface area contributed by atoms with E-state index in [-0.39, 0.29) is 24.9 Å². The van der Waals surface area contributed by atoms with Crippen molar-refractivity contribution in [1.82, 2.24) is 10.6 Å². The maximum absolute atomic E-state index is 13.6. The number of halogens is 3. The topological polar surface area (TPSA) is 41.1 Å². The number of hydrogen-bond donors (Lipinski definition) is 2. The molecule has 24 heavy (non-hydrogen) atoms. The summed E-state index contributed by atoms with van der Waals surface area (Å²) >= 11 is 1.57. The van der Waals surface area contributed by atoms with Crippen molar-refractivity contribution >= 4 is 30.1 Å². The summed E-state index contributed by atoms with van der Waals surface area (Å²) in [7, 11) is 1.67. The van der Waals surface area contributed by atoms with Gasteiger partial charge in [0.2, 0.25) is 5.91 Å². The number of carbonyl (C=O) groups is 1. The van der Waals surface area contributed by atoms with Gasteiger partial charge in [0.25, 0.3) is 0 Å². The van der Waals surface area contributed by atoms with Crippen LogP contribution in [0.25, 0.3) is 0 Å². The number of nitrogens with one attached hydrogen (secondary N) is 2. The van der Waals surface area contributed by atoms with E-state index in [1.165, 1.54) is 6.07 Å². The zero-order valence-electron chi connectivity index (χ0n) is 13.3. The number of thioether (sulfide) groups is 1. The van der Waals surface area contributed by atoms with Gasteiger partial charge in [-0.25, -0.2) is 8.78 Å². The van der Waals surface area contributed by atoms with Crippen molar-refractivity contribution in [3.8, 4) is 0 Å². The first kappa shape index (κ1) is 20.4. The van der Waals surface area contributed by atoms with Crippen LogP contribution in [0.1, 0.15) is 17.2 Å². The number of hydrogen-bond acceptors (Lipinski definition) is 3. The highest BCUT2D eigenvalue weighted by molar-refractivity contribution is 7.98. The fourth-order valence-electron chi connectivity index (χ4n) is 2.24. The van der Waals surface area contributed by atoms with Gasteiger partial charge in [-0.3, -0.25) is 4.79 Å². The maximum atomic E-state index is 13.6. The molecule has 0 aliphatic carbocycles. The molecule has 0 bridgehead atoms. The van der Waals surface area contributed by atoms with Gasteiger partial charge in [-0.15, -0.1) is 24.2 Å². The number of rotatable bonds is 6. The quantitative estimate of drug-likeness (QED) is 0.762. The Kier molecular flexibility index (Phi) is 8.18. The van der Waals surface area contributed by atoms with Crippen molar-refractivity contribution in [1.29, 1.82) is 0 Å². The molecule has 1 amide bonds.